The van der Waals surface area contributed by atoms with Gasteiger partial charge in [0.1, 0.15) is 11.4 Å². The maximum Gasteiger partial charge on any atom is 0.405 e. The fourth-order valence-corrected chi connectivity index (χ4v) is 3.81. The van der Waals surface area contributed by atoms with Gasteiger partial charge in [0.05, 0.1) is 13.2 Å². The van der Waals surface area contributed by atoms with E-state index in [1.165, 1.54) is 32.4 Å². The van der Waals surface area contributed by atoms with Crippen LogP contribution in [0.2, 0.25) is 0 Å². The van der Waals surface area contributed by atoms with Gasteiger partial charge in [0.2, 0.25) is 5.95 Å². The molecule has 1 fully saturated rings. The molecule has 0 radical (unpaired) electrons. The smallest absolute Gasteiger partial charge is 0.405 e. The standard InChI is InChI=1S/C22H32N6O.C6H13NO2/c1-17-15-18(2)26-22(25-17)27-21(23)24-16-19-7-9-20(10-8-19)29-14-6-13-28-11-4-3-5-12-28;1-4-6(2,3)9-5(7)8/h7-10,15H,3-6,11-14,16H2,1-2H3,(H3,23,24,25,26,27);4H2,1-3H3,(H2,7,8). The Hall–Kier alpha value is -3.40. The molecule has 2 heterocycles. The molecule has 1 saturated heterocycles. The Balaban J connectivity index is 0.000000484. The number of ether oxygens (including phenoxy) is 2. The minimum absolute atomic E-state index is 0.299. The van der Waals surface area contributed by atoms with E-state index in [1.807, 2.05) is 65.0 Å². The number of carbonyl (C=O) groups is 1. The number of nitrogens with two attached hydrogens (primary N) is 2. The van der Waals surface area contributed by atoms with Crippen LogP contribution in [0.1, 0.15) is 69.8 Å². The number of aryl methyl sites for hydroxylation is 2. The van der Waals surface area contributed by atoms with Gasteiger partial charge in [-0.2, -0.15) is 0 Å². The third-order valence-electron chi connectivity index (χ3n) is 6.14. The largest absolute Gasteiger partial charge is 0.494 e. The first-order chi connectivity index (χ1) is 18.1. The first-order valence-electron chi connectivity index (χ1n) is 13.4. The van der Waals surface area contributed by atoms with Gasteiger partial charge in [-0.05, 0) is 90.2 Å². The summed E-state index contributed by atoms with van der Waals surface area (Å²) in [5.74, 6) is 1.66. The number of piperidine rings is 1. The number of guanidine groups is 1. The summed E-state index contributed by atoms with van der Waals surface area (Å²) in [5, 5.41) is 2.94. The summed E-state index contributed by atoms with van der Waals surface area (Å²) < 4.78 is 10.6. The Morgan fingerprint density at radius 2 is 1.71 bits per heavy atom. The second kappa shape index (κ2) is 15.8. The van der Waals surface area contributed by atoms with Crippen LogP contribution in [-0.4, -0.2) is 58.8 Å². The van der Waals surface area contributed by atoms with Crippen LogP contribution in [0.4, 0.5) is 10.7 Å². The fraction of sp³-hybridized carbons (Fsp3) is 0.571. The van der Waals surface area contributed by atoms with Gasteiger partial charge in [-0.25, -0.2) is 19.8 Å². The number of nitrogens with zero attached hydrogens (tertiary/aromatic N) is 4. The maximum atomic E-state index is 10.2. The molecule has 0 saturated carbocycles. The molecule has 1 aliphatic heterocycles. The summed E-state index contributed by atoms with van der Waals surface area (Å²) in [6.07, 6.45) is 5.18. The SMILES string of the molecule is CCC(C)(C)OC(N)=O.Cc1cc(C)nc(NC(N)=NCc2ccc(OCCCN3CCCCC3)cc2)n1. The highest BCUT2D eigenvalue weighted by molar-refractivity contribution is 5.90. The number of primary amides is 1. The minimum Gasteiger partial charge on any atom is -0.494 e. The van der Waals surface area contributed by atoms with Crippen molar-refractivity contribution >= 4 is 18.0 Å². The van der Waals surface area contributed by atoms with Crippen LogP contribution in [0.25, 0.3) is 0 Å². The average Bonchev–Trinajstić information content (AvgIpc) is 2.86. The molecule has 5 N–H and O–H groups in total. The highest BCUT2D eigenvalue weighted by Gasteiger charge is 2.17. The molecule has 10 nitrogen and oxygen atoms in total. The Labute approximate surface area is 227 Å². The molecule has 1 amide bonds. The summed E-state index contributed by atoms with van der Waals surface area (Å²) in [6, 6.07) is 9.93. The van der Waals surface area contributed by atoms with Crippen molar-refractivity contribution in [2.45, 2.75) is 78.9 Å². The van der Waals surface area contributed by atoms with Gasteiger partial charge in [-0.15, -0.1) is 0 Å². The Morgan fingerprint density at radius 1 is 1.08 bits per heavy atom. The number of hydrogen-bond acceptors (Lipinski definition) is 7. The summed E-state index contributed by atoms with van der Waals surface area (Å²) in [4.78, 5) is 25.7. The normalized spacial score (nSPS) is 14.3. The zero-order valence-electron chi connectivity index (χ0n) is 23.6. The first-order valence-corrected chi connectivity index (χ1v) is 13.4. The van der Waals surface area contributed by atoms with Gasteiger partial charge in [0.15, 0.2) is 5.96 Å². The number of aromatic nitrogens is 2. The molecular weight excluding hydrogens is 482 g/mol. The zero-order valence-corrected chi connectivity index (χ0v) is 23.6. The Morgan fingerprint density at radius 3 is 2.26 bits per heavy atom. The van der Waals surface area contributed by atoms with Gasteiger partial charge in [0, 0.05) is 17.9 Å². The first kappa shape index (κ1) is 30.8. The number of benzene rings is 1. The van der Waals surface area contributed by atoms with E-state index in [-0.39, 0.29) is 0 Å². The van der Waals surface area contributed by atoms with E-state index in [9.17, 15) is 4.79 Å². The van der Waals surface area contributed by atoms with Gasteiger partial charge in [-0.3, -0.25) is 5.32 Å². The van der Waals surface area contributed by atoms with Gasteiger partial charge in [0.25, 0.3) is 0 Å². The fourth-order valence-electron chi connectivity index (χ4n) is 3.81. The van der Waals surface area contributed by atoms with E-state index >= 15 is 0 Å². The molecule has 0 unspecified atom stereocenters. The monoisotopic (exact) mass is 527 g/mol. The lowest BCUT2D eigenvalue weighted by Gasteiger charge is -2.26. The van der Waals surface area contributed by atoms with Crippen LogP contribution in [0.3, 0.4) is 0 Å². The van der Waals surface area contributed by atoms with Crippen molar-refractivity contribution in [2.75, 3.05) is 31.6 Å². The molecule has 0 bridgehead atoms. The van der Waals surface area contributed by atoms with Crippen LogP contribution in [-0.2, 0) is 11.3 Å². The van der Waals surface area contributed by atoms with Gasteiger partial charge < -0.3 is 25.8 Å². The molecule has 0 atom stereocenters. The van der Waals surface area contributed by atoms with Crippen LogP contribution >= 0.6 is 0 Å². The van der Waals surface area contributed by atoms with E-state index in [0.717, 1.165) is 48.7 Å². The van der Waals surface area contributed by atoms with Gasteiger partial charge in [-0.1, -0.05) is 25.5 Å². The molecule has 38 heavy (non-hydrogen) atoms. The van der Waals surface area contributed by atoms with Crippen molar-refractivity contribution in [3.8, 4) is 5.75 Å². The number of carbonyl (C=O) groups excluding carboxylic acids is 1. The molecule has 0 spiro atoms. The van der Waals surface area contributed by atoms with Crippen molar-refractivity contribution in [2.24, 2.45) is 16.5 Å². The number of likely N-dealkylation sites (tertiary alicyclic amines) is 1. The van der Waals surface area contributed by atoms with Crippen molar-refractivity contribution < 1.29 is 14.3 Å². The lowest BCUT2D eigenvalue weighted by atomic mass is 10.1. The van der Waals surface area contributed by atoms with Crippen molar-refractivity contribution in [1.29, 1.82) is 0 Å². The number of nitrogens with one attached hydrogen (secondary N) is 1. The summed E-state index contributed by atoms with van der Waals surface area (Å²) in [7, 11) is 0. The lowest BCUT2D eigenvalue weighted by Crippen LogP contribution is -2.31. The lowest BCUT2D eigenvalue weighted by molar-refractivity contribution is 0.0429. The van der Waals surface area contributed by atoms with E-state index in [0.29, 0.717) is 18.5 Å². The van der Waals surface area contributed by atoms with Crippen LogP contribution < -0.4 is 21.5 Å². The topological polar surface area (TPSA) is 141 Å². The second-order valence-electron chi connectivity index (χ2n) is 10.1. The second-order valence-corrected chi connectivity index (χ2v) is 10.1. The number of aliphatic imine (C=N–C) groups is 1. The number of amides is 1. The molecule has 1 aliphatic rings. The highest BCUT2D eigenvalue weighted by atomic mass is 16.6. The predicted molar refractivity (Wildman–Crippen MR) is 152 cm³/mol. The molecule has 2 aromatic rings. The summed E-state index contributed by atoms with van der Waals surface area (Å²) >= 11 is 0. The Bertz CT molecular complexity index is 999. The number of rotatable bonds is 10. The van der Waals surface area contributed by atoms with E-state index in [4.69, 9.17) is 20.9 Å². The highest BCUT2D eigenvalue weighted by Crippen LogP contribution is 2.14. The molecular formula is C28H45N7O3. The molecule has 210 valence electrons. The van der Waals surface area contributed by atoms with E-state index in [2.05, 4.69) is 25.2 Å². The maximum absolute atomic E-state index is 10.2. The minimum atomic E-state index is -0.707. The third kappa shape index (κ3) is 12.7. The summed E-state index contributed by atoms with van der Waals surface area (Å²) in [5.41, 5.74) is 13.2. The van der Waals surface area contributed by atoms with Crippen LogP contribution in [0, 0.1) is 13.8 Å². The predicted octanol–water partition coefficient (Wildman–Crippen LogP) is 4.55. The van der Waals surface area contributed by atoms with Crippen molar-refractivity contribution in [1.82, 2.24) is 14.9 Å². The third-order valence-corrected chi connectivity index (χ3v) is 6.14. The quantitative estimate of drug-likeness (QED) is 0.232. The molecule has 0 aliphatic carbocycles. The molecule has 1 aromatic heterocycles. The molecule has 1 aromatic carbocycles. The molecule has 3 rings (SSSR count). The van der Waals surface area contributed by atoms with Crippen molar-refractivity contribution in [3.05, 3.63) is 47.3 Å². The van der Waals surface area contributed by atoms with Crippen LogP contribution in [0.15, 0.2) is 35.3 Å². The molecule has 10 heteroatoms. The Kier molecular flexibility index (Phi) is 12.8. The van der Waals surface area contributed by atoms with E-state index < -0.39 is 11.7 Å². The number of hydrogen-bond donors (Lipinski definition) is 3. The van der Waals surface area contributed by atoms with Gasteiger partial charge >= 0.3 is 6.09 Å². The zero-order chi connectivity index (χ0) is 28.0. The summed E-state index contributed by atoms with van der Waals surface area (Å²) in [6.45, 7) is 14.3. The number of anilines is 1. The average molecular weight is 528 g/mol. The van der Waals surface area contributed by atoms with E-state index in [1.54, 1.807) is 0 Å². The van der Waals surface area contributed by atoms with Crippen molar-refractivity contribution in [3.63, 3.8) is 0 Å². The van der Waals surface area contributed by atoms with Crippen LogP contribution in [0.5, 0.6) is 5.75 Å².